The molecule has 30 heavy (non-hydrogen) atoms. The maximum absolute atomic E-state index is 12.5. The van der Waals surface area contributed by atoms with Crippen molar-refractivity contribution in [2.45, 2.75) is 19.9 Å². The highest BCUT2D eigenvalue weighted by atomic mass is 16.6. The molecular weight excluding hydrogens is 384 g/mol. The average molecular weight is 412 g/mol. The number of nitro benzene ring substituents is 1. The zero-order chi connectivity index (χ0) is 21.5. The number of nitrogens with zero attached hydrogens (tertiary/aromatic N) is 3. The van der Waals surface area contributed by atoms with Gasteiger partial charge in [-0.25, -0.2) is 0 Å². The second kappa shape index (κ2) is 10.1. The highest BCUT2D eigenvalue weighted by molar-refractivity contribution is 5.81. The Morgan fingerprint density at radius 2 is 1.90 bits per heavy atom. The molecule has 1 saturated heterocycles. The monoisotopic (exact) mass is 412 g/mol. The van der Waals surface area contributed by atoms with E-state index in [4.69, 9.17) is 4.74 Å². The normalized spacial score (nSPS) is 15.5. The van der Waals surface area contributed by atoms with Crippen LogP contribution in [0.2, 0.25) is 0 Å². The van der Waals surface area contributed by atoms with Crippen molar-refractivity contribution >= 4 is 17.3 Å². The van der Waals surface area contributed by atoms with E-state index in [0.29, 0.717) is 13.2 Å². The van der Waals surface area contributed by atoms with Gasteiger partial charge >= 0.3 is 0 Å². The topological polar surface area (TPSA) is 88.0 Å². The molecule has 3 rings (SSSR count). The van der Waals surface area contributed by atoms with Gasteiger partial charge < -0.3 is 15.0 Å². The Hall–Kier alpha value is -3.13. The van der Waals surface area contributed by atoms with E-state index in [1.807, 2.05) is 44.2 Å². The number of anilines is 1. The van der Waals surface area contributed by atoms with Crippen molar-refractivity contribution < 1.29 is 14.5 Å². The molecule has 2 aromatic rings. The predicted molar refractivity (Wildman–Crippen MR) is 116 cm³/mol. The first kappa shape index (κ1) is 21.6. The summed E-state index contributed by atoms with van der Waals surface area (Å²) in [7, 11) is 0. The Labute approximate surface area is 176 Å². The molecule has 0 aromatic heterocycles. The highest BCUT2D eigenvalue weighted by Gasteiger charge is 2.26. The maximum atomic E-state index is 12.5. The number of non-ortho nitro benzene ring substituents is 1. The Morgan fingerprint density at radius 3 is 2.60 bits per heavy atom. The number of hydrogen-bond donors (Lipinski definition) is 1. The van der Waals surface area contributed by atoms with E-state index in [-0.39, 0.29) is 22.6 Å². The number of carbonyl (C=O) groups is 1. The smallest absolute Gasteiger partial charge is 0.271 e. The molecule has 8 heteroatoms. The number of benzene rings is 2. The molecule has 2 aromatic carbocycles. The molecule has 0 aliphatic carbocycles. The van der Waals surface area contributed by atoms with Crippen LogP contribution in [0.5, 0.6) is 5.75 Å². The number of nitro groups is 1. The molecule has 1 aliphatic rings. The van der Waals surface area contributed by atoms with Crippen LogP contribution in [-0.4, -0.2) is 61.1 Å². The van der Waals surface area contributed by atoms with Gasteiger partial charge in [-0.2, -0.15) is 0 Å². The van der Waals surface area contributed by atoms with Gasteiger partial charge in [0, 0.05) is 44.0 Å². The molecule has 1 amide bonds. The fourth-order valence-corrected chi connectivity index (χ4v) is 3.53. The highest BCUT2D eigenvalue weighted by Crippen LogP contribution is 2.22. The molecule has 0 radical (unpaired) electrons. The minimum Gasteiger partial charge on any atom is -0.492 e. The number of hydrogen-bond acceptors (Lipinski definition) is 6. The van der Waals surface area contributed by atoms with Crippen molar-refractivity contribution in [1.82, 2.24) is 10.2 Å². The van der Waals surface area contributed by atoms with Gasteiger partial charge in [-0.15, -0.1) is 0 Å². The first-order chi connectivity index (χ1) is 14.4. The summed E-state index contributed by atoms with van der Waals surface area (Å²) in [6.07, 6.45) is 0. The van der Waals surface area contributed by atoms with E-state index >= 15 is 0 Å². The second-order valence-corrected chi connectivity index (χ2v) is 7.43. The number of rotatable bonds is 8. The summed E-state index contributed by atoms with van der Waals surface area (Å²) in [6, 6.07) is 14.3. The van der Waals surface area contributed by atoms with E-state index in [1.165, 1.54) is 6.07 Å². The van der Waals surface area contributed by atoms with Gasteiger partial charge in [-0.05, 0) is 37.6 Å². The molecule has 1 unspecified atom stereocenters. The summed E-state index contributed by atoms with van der Waals surface area (Å²) in [5, 5.41) is 13.9. The molecule has 0 spiro atoms. The van der Waals surface area contributed by atoms with Crippen LogP contribution >= 0.6 is 0 Å². The van der Waals surface area contributed by atoms with E-state index in [2.05, 4.69) is 15.1 Å². The van der Waals surface area contributed by atoms with Crippen LogP contribution < -0.4 is 15.0 Å². The number of piperazine rings is 1. The fraction of sp³-hybridized carbons (Fsp3) is 0.409. The van der Waals surface area contributed by atoms with Crippen molar-refractivity contribution in [1.29, 1.82) is 0 Å². The Kier molecular flexibility index (Phi) is 7.24. The van der Waals surface area contributed by atoms with Crippen LogP contribution in [0.4, 0.5) is 11.4 Å². The van der Waals surface area contributed by atoms with E-state index in [9.17, 15) is 14.9 Å². The molecular formula is C22H28N4O4. The third kappa shape index (κ3) is 5.70. The summed E-state index contributed by atoms with van der Waals surface area (Å²) < 4.78 is 5.67. The van der Waals surface area contributed by atoms with Crippen LogP contribution in [0.15, 0.2) is 48.5 Å². The van der Waals surface area contributed by atoms with Gasteiger partial charge in [0.05, 0.1) is 17.5 Å². The quantitative estimate of drug-likeness (QED) is 0.407. The summed E-state index contributed by atoms with van der Waals surface area (Å²) in [5.74, 6) is 0.779. The zero-order valence-electron chi connectivity index (χ0n) is 17.4. The minimum absolute atomic E-state index is 0.0216. The van der Waals surface area contributed by atoms with Crippen LogP contribution in [0.25, 0.3) is 0 Å². The van der Waals surface area contributed by atoms with E-state index in [1.54, 1.807) is 12.1 Å². The summed E-state index contributed by atoms with van der Waals surface area (Å²) in [6.45, 7) is 7.65. The molecule has 0 bridgehead atoms. The number of aryl methyl sites for hydroxylation is 1. The van der Waals surface area contributed by atoms with Crippen molar-refractivity contribution in [2.75, 3.05) is 44.2 Å². The van der Waals surface area contributed by atoms with E-state index < -0.39 is 0 Å². The number of nitrogens with one attached hydrogen (secondary N) is 1. The minimum atomic E-state index is -0.380. The molecule has 1 heterocycles. The molecule has 1 N–H and O–H groups in total. The lowest BCUT2D eigenvalue weighted by molar-refractivity contribution is -0.384. The van der Waals surface area contributed by atoms with Gasteiger partial charge in [0.2, 0.25) is 5.91 Å². The molecule has 8 nitrogen and oxygen atoms in total. The standard InChI is InChI=1S/C22H28N4O4/c1-17-5-3-8-21(15-17)30-14-9-23-22(27)18(2)24-10-12-25(13-11-24)19-6-4-7-20(16-19)26(28)29/h3-8,15-16,18H,9-14H2,1-2H3,(H,23,27). The van der Waals surface area contributed by atoms with Gasteiger partial charge in [0.1, 0.15) is 12.4 Å². The lowest BCUT2D eigenvalue weighted by Crippen LogP contribution is -2.54. The fourth-order valence-electron chi connectivity index (χ4n) is 3.53. The van der Waals surface area contributed by atoms with Crippen molar-refractivity contribution in [3.8, 4) is 5.75 Å². The van der Waals surface area contributed by atoms with Crippen molar-refractivity contribution in [2.24, 2.45) is 0 Å². The first-order valence-electron chi connectivity index (χ1n) is 10.1. The Balaban J connectivity index is 1.42. The molecule has 160 valence electrons. The molecule has 1 fully saturated rings. The van der Waals surface area contributed by atoms with Crippen LogP contribution in [0.3, 0.4) is 0 Å². The largest absolute Gasteiger partial charge is 0.492 e. The summed E-state index contributed by atoms with van der Waals surface area (Å²) in [4.78, 5) is 27.3. The second-order valence-electron chi connectivity index (χ2n) is 7.43. The van der Waals surface area contributed by atoms with Crippen LogP contribution in [-0.2, 0) is 4.79 Å². The van der Waals surface area contributed by atoms with Gasteiger partial charge in [-0.3, -0.25) is 19.8 Å². The third-order valence-corrected chi connectivity index (χ3v) is 5.31. The Morgan fingerprint density at radius 1 is 1.17 bits per heavy atom. The SMILES string of the molecule is Cc1cccc(OCCNC(=O)C(C)N2CCN(c3cccc([N+](=O)[O-])c3)CC2)c1. The number of amides is 1. The number of carbonyl (C=O) groups excluding carboxylic acids is 1. The molecule has 1 atom stereocenters. The Bertz CT molecular complexity index is 881. The van der Waals surface area contributed by atoms with Gasteiger partial charge in [0.25, 0.3) is 5.69 Å². The number of ether oxygens (including phenoxy) is 1. The van der Waals surface area contributed by atoms with Crippen molar-refractivity contribution in [3.63, 3.8) is 0 Å². The lowest BCUT2D eigenvalue weighted by atomic mass is 10.2. The lowest BCUT2D eigenvalue weighted by Gasteiger charge is -2.38. The first-order valence-corrected chi connectivity index (χ1v) is 10.1. The molecule has 1 aliphatic heterocycles. The van der Waals surface area contributed by atoms with Crippen molar-refractivity contribution in [3.05, 3.63) is 64.2 Å². The predicted octanol–water partition coefficient (Wildman–Crippen LogP) is 2.61. The summed E-state index contributed by atoms with van der Waals surface area (Å²) in [5.41, 5.74) is 2.07. The van der Waals surface area contributed by atoms with Crippen LogP contribution in [0, 0.1) is 17.0 Å². The molecule has 0 saturated carbocycles. The van der Waals surface area contributed by atoms with Crippen LogP contribution in [0.1, 0.15) is 12.5 Å². The van der Waals surface area contributed by atoms with E-state index in [0.717, 1.165) is 43.2 Å². The zero-order valence-corrected chi connectivity index (χ0v) is 17.4. The van der Waals surface area contributed by atoms with Gasteiger partial charge in [-0.1, -0.05) is 18.2 Å². The summed E-state index contributed by atoms with van der Waals surface area (Å²) >= 11 is 0. The maximum Gasteiger partial charge on any atom is 0.271 e. The average Bonchev–Trinajstić information content (AvgIpc) is 2.76. The third-order valence-electron chi connectivity index (χ3n) is 5.31. The van der Waals surface area contributed by atoms with Gasteiger partial charge in [0.15, 0.2) is 0 Å².